The molecular weight excluding hydrogens is 537 g/mol. The summed E-state index contributed by atoms with van der Waals surface area (Å²) in [5.41, 5.74) is 1.73. The highest BCUT2D eigenvalue weighted by Crippen LogP contribution is 2.33. The van der Waals surface area contributed by atoms with Crippen molar-refractivity contribution in [3.05, 3.63) is 76.5 Å². The van der Waals surface area contributed by atoms with Crippen molar-refractivity contribution >= 4 is 55.8 Å². The molecule has 37 heavy (non-hydrogen) atoms. The molecule has 12 heteroatoms. The first-order chi connectivity index (χ1) is 17.5. The summed E-state index contributed by atoms with van der Waals surface area (Å²) in [6, 6.07) is 13.0. The zero-order valence-electron chi connectivity index (χ0n) is 20.3. The van der Waals surface area contributed by atoms with Gasteiger partial charge in [-0.1, -0.05) is 23.2 Å². The van der Waals surface area contributed by atoms with Crippen LogP contribution in [0, 0.1) is 6.92 Å². The summed E-state index contributed by atoms with van der Waals surface area (Å²) < 4.78 is 30.6. The molecule has 4 aromatic rings. The fourth-order valence-electron chi connectivity index (χ4n) is 3.99. The van der Waals surface area contributed by atoms with Gasteiger partial charge in [0.2, 0.25) is 0 Å². The number of anilines is 1. The minimum absolute atomic E-state index is 0.0495. The van der Waals surface area contributed by atoms with Crippen molar-refractivity contribution in [1.29, 1.82) is 0 Å². The van der Waals surface area contributed by atoms with E-state index >= 15 is 0 Å². The molecule has 0 aliphatic heterocycles. The molecule has 0 bridgehead atoms. The molecule has 1 unspecified atom stereocenters. The third-order valence-electron chi connectivity index (χ3n) is 5.77. The fourth-order valence-corrected chi connectivity index (χ4v) is 6.34. The molecule has 0 aliphatic carbocycles. The van der Waals surface area contributed by atoms with Crippen molar-refractivity contribution in [2.24, 2.45) is 0 Å². The fraction of sp³-hybridized carbons (Fsp3) is 0.240. The number of hydrogen-bond donors (Lipinski definition) is 1. The van der Waals surface area contributed by atoms with Crippen LogP contribution in [0.3, 0.4) is 0 Å². The summed E-state index contributed by atoms with van der Waals surface area (Å²) in [4.78, 5) is 14.0. The first kappa shape index (κ1) is 26.9. The first-order valence-corrected chi connectivity index (χ1v) is 13.5. The number of carboxylic acid groups (broad SMARTS) is 1. The average Bonchev–Trinajstić information content (AvgIpc) is 3.24. The van der Waals surface area contributed by atoms with Gasteiger partial charge in [-0.25, -0.2) is 13.2 Å². The van der Waals surface area contributed by atoms with Gasteiger partial charge in [-0.15, -0.1) is 5.10 Å². The van der Waals surface area contributed by atoms with E-state index in [1.165, 1.54) is 18.2 Å². The number of aromatic nitrogens is 3. The van der Waals surface area contributed by atoms with Crippen LogP contribution in [0.4, 0.5) is 5.69 Å². The molecule has 1 atom stereocenters. The van der Waals surface area contributed by atoms with Crippen LogP contribution >= 0.6 is 23.2 Å². The third kappa shape index (κ3) is 5.72. The molecule has 4 rings (SSSR count). The van der Waals surface area contributed by atoms with Crippen LogP contribution in [0.25, 0.3) is 16.7 Å². The molecule has 9 nitrogen and oxygen atoms in total. The minimum atomic E-state index is -4.37. The standard InChI is InChI=1S/C25H25Cl2N5O4S/c1-16-4-7-24(29-28-16)31-11-8-17-12-20(5-6-22(17)31)32(23(25(33)34)9-10-30(2)3)37(35,36)21-14-18(26)13-19(27)15-21/h4-8,11-15,23H,9-10H2,1-3H3,(H,33,34). The molecule has 2 aromatic heterocycles. The van der Waals surface area contributed by atoms with Crippen LogP contribution in [0.2, 0.25) is 10.0 Å². The summed E-state index contributed by atoms with van der Waals surface area (Å²) in [7, 11) is -0.796. The average molecular weight is 562 g/mol. The van der Waals surface area contributed by atoms with Crippen molar-refractivity contribution in [2.45, 2.75) is 24.3 Å². The Labute approximate surface area is 224 Å². The van der Waals surface area contributed by atoms with Crippen molar-refractivity contribution in [3.8, 4) is 5.82 Å². The SMILES string of the molecule is Cc1ccc(-n2ccc3cc(N(C(CCN(C)C)C(=O)O)S(=O)(=O)c4cc(Cl)cc(Cl)c4)ccc32)nn1. The molecule has 0 radical (unpaired) electrons. The van der Waals surface area contributed by atoms with Gasteiger partial charge < -0.3 is 10.0 Å². The topological polar surface area (TPSA) is 109 Å². The molecule has 0 aliphatic rings. The smallest absolute Gasteiger partial charge is 0.327 e. The predicted molar refractivity (Wildman–Crippen MR) is 144 cm³/mol. The van der Waals surface area contributed by atoms with Crippen LogP contribution in [0.1, 0.15) is 12.1 Å². The number of rotatable bonds is 9. The Morgan fingerprint density at radius 2 is 1.73 bits per heavy atom. The zero-order valence-corrected chi connectivity index (χ0v) is 22.7. The van der Waals surface area contributed by atoms with E-state index in [1.54, 1.807) is 49.5 Å². The number of nitrogens with zero attached hydrogens (tertiary/aromatic N) is 5. The van der Waals surface area contributed by atoms with Crippen LogP contribution in [-0.4, -0.2) is 65.8 Å². The molecule has 0 amide bonds. The molecule has 2 heterocycles. The molecule has 0 fully saturated rings. The van der Waals surface area contributed by atoms with Gasteiger partial charge in [-0.2, -0.15) is 5.10 Å². The van der Waals surface area contributed by atoms with Crippen LogP contribution in [0.15, 0.2) is 65.7 Å². The molecular formula is C25H25Cl2N5O4S. The van der Waals surface area contributed by atoms with E-state index in [0.717, 1.165) is 15.5 Å². The van der Waals surface area contributed by atoms with E-state index in [0.29, 0.717) is 17.7 Å². The maximum absolute atomic E-state index is 13.9. The summed E-state index contributed by atoms with van der Waals surface area (Å²) in [6.07, 6.45) is 1.85. The lowest BCUT2D eigenvalue weighted by atomic mass is 10.1. The Morgan fingerprint density at radius 1 is 1.03 bits per heavy atom. The Morgan fingerprint density at radius 3 is 2.32 bits per heavy atom. The lowest BCUT2D eigenvalue weighted by Gasteiger charge is -2.31. The van der Waals surface area contributed by atoms with Crippen LogP contribution in [0.5, 0.6) is 0 Å². The second-order valence-electron chi connectivity index (χ2n) is 8.81. The number of halogens is 2. The molecule has 194 valence electrons. The molecule has 0 spiro atoms. The summed E-state index contributed by atoms with van der Waals surface area (Å²) in [5, 5.41) is 19.4. The van der Waals surface area contributed by atoms with Gasteiger partial charge >= 0.3 is 5.97 Å². The number of aryl methyl sites for hydroxylation is 1. The highest BCUT2D eigenvalue weighted by atomic mass is 35.5. The quantitative estimate of drug-likeness (QED) is 0.317. The number of aliphatic carboxylic acids is 1. The second kappa shape index (κ2) is 10.7. The van der Waals surface area contributed by atoms with Crippen molar-refractivity contribution in [3.63, 3.8) is 0 Å². The number of carboxylic acids is 1. The molecule has 2 aromatic carbocycles. The van der Waals surface area contributed by atoms with Gasteiger partial charge in [0.25, 0.3) is 10.0 Å². The Hall–Kier alpha value is -3.18. The van der Waals surface area contributed by atoms with Gasteiger partial charge in [-0.3, -0.25) is 8.87 Å². The zero-order chi connectivity index (χ0) is 26.9. The lowest BCUT2D eigenvalue weighted by Crippen LogP contribution is -2.46. The predicted octanol–water partition coefficient (Wildman–Crippen LogP) is 4.64. The summed E-state index contributed by atoms with van der Waals surface area (Å²) in [5.74, 6) is -0.674. The maximum Gasteiger partial charge on any atom is 0.327 e. The maximum atomic E-state index is 13.9. The highest BCUT2D eigenvalue weighted by molar-refractivity contribution is 7.93. The summed E-state index contributed by atoms with van der Waals surface area (Å²) >= 11 is 12.2. The molecule has 0 saturated carbocycles. The normalized spacial score (nSPS) is 12.7. The number of carbonyl (C=O) groups is 1. The minimum Gasteiger partial charge on any atom is -0.480 e. The third-order valence-corrected chi connectivity index (χ3v) is 8.02. The number of hydrogen-bond acceptors (Lipinski definition) is 6. The van der Waals surface area contributed by atoms with E-state index in [2.05, 4.69) is 10.2 Å². The van der Waals surface area contributed by atoms with Crippen molar-refractivity contribution in [2.75, 3.05) is 24.9 Å². The monoisotopic (exact) mass is 561 g/mol. The molecule has 1 N–H and O–H groups in total. The summed E-state index contributed by atoms with van der Waals surface area (Å²) in [6.45, 7) is 2.19. The van der Waals surface area contributed by atoms with E-state index in [9.17, 15) is 18.3 Å². The van der Waals surface area contributed by atoms with E-state index in [4.69, 9.17) is 23.2 Å². The highest BCUT2D eigenvalue weighted by Gasteiger charge is 2.36. The lowest BCUT2D eigenvalue weighted by molar-refractivity contribution is -0.138. The van der Waals surface area contributed by atoms with Gasteiger partial charge in [0.15, 0.2) is 5.82 Å². The second-order valence-corrected chi connectivity index (χ2v) is 11.5. The Balaban J connectivity index is 1.87. The number of sulfonamides is 1. The molecule has 0 saturated heterocycles. The Kier molecular flexibility index (Phi) is 7.75. The van der Waals surface area contributed by atoms with Gasteiger partial charge in [0.1, 0.15) is 6.04 Å². The van der Waals surface area contributed by atoms with E-state index in [-0.39, 0.29) is 27.0 Å². The van der Waals surface area contributed by atoms with Crippen LogP contribution in [-0.2, 0) is 14.8 Å². The number of benzene rings is 2. The van der Waals surface area contributed by atoms with E-state index < -0.39 is 22.0 Å². The van der Waals surface area contributed by atoms with E-state index in [1.807, 2.05) is 23.6 Å². The number of fused-ring (bicyclic) bond motifs is 1. The Bertz CT molecular complexity index is 1540. The van der Waals surface area contributed by atoms with Gasteiger partial charge in [0, 0.05) is 28.2 Å². The first-order valence-electron chi connectivity index (χ1n) is 11.3. The van der Waals surface area contributed by atoms with Crippen LogP contribution < -0.4 is 4.31 Å². The van der Waals surface area contributed by atoms with Crippen molar-refractivity contribution < 1.29 is 18.3 Å². The van der Waals surface area contributed by atoms with Gasteiger partial charge in [-0.05, 0) is 82.0 Å². The van der Waals surface area contributed by atoms with Crippen molar-refractivity contribution in [1.82, 2.24) is 19.7 Å². The van der Waals surface area contributed by atoms with Gasteiger partial charge in [0.05, 0.1) is 21.8 Å². The largest absolute Gasteiger partial charge is 0.480 e.